The minimum absolute atomic E-state index is 0.123. The van der Waals surface area contributed by atoms with Crippen molar-refractivity contribution >= 4 is 41.6 Å². The lowest BCUT2D eigenvalue weighted by Crippen LogP contribution is -2.48. The Bertz CT molecular complexity index is 2190. The van der Waals surface area contributed by atoms with Crippen LogP contribution in [0.4, 0.5) is 0 Å². The molecule has 18 nitrogen and oxygen atoms in total. The summed E-state index contributed by atoms with van der Waals surface area (Å²) in [5.41, 5.74) is -0.0213. The largest absolute Gasteiger partial charge is 0.480 e. The third-order valence-corrected chi connectivity index (χ3v) is 8.54. The van der Waals surface area contributed by atoms with Crippen LogP contribution in [-0.2, 0) is 76.2 Å². The molecule has 2 N–H and O–H groups in total. The number of rotatable bonds is 11. The summed E-state index contributed by atoms with van der Waals surface area (Å²) in [4.78, 5) is 86.8. The van der Waals surface area contributed by atoms with Crippen molar-refractivity contribution in [3.8, 4) is 0 Å². The number of carbonyl (C=O) groups is 7. The summed E-state index contributed by atoms with van der Waals surface area (Å²) in [6.07, 6.45) is 9.59. The molecule has 0 spiro atoms. The molecule has 2 atom stereocenters. The number of methoxy groups -OCH3 is 1. The molecule has 2 unspecified atom stereocenters. The second-order valence-corrected chi connectivity index (χ2v) is 13.0. The highest BCUT2D eigenvalue weighted by Gasteiger charge is 2.46. The summed E-state index contributed by atoms with van der Waals surface area (Å²) < 4.78 is 46.8. The summed E-state index contributed by atoms with van der Waals surface area (Å²) in [5, 5.41) is 20.7. The van der Waals surface area contributed by atoms with Crippen LogP contribution in [0.5, 0.6) is 0 Å². The van der Waals surface area contributed by atoms with Gasteiger partial charge in [0.15, 0.2) is 0 Å². The Labute approximate surface area is 329 Å². The molecule has 2 fully saturated rings. The van der Waals surface area contributed by atoms with E-state index < -0.39 is 88.8 Å². The number of ether oxygens (including phenoxy) is 9. The first kappa shape index (κ1) is 41.9. The van der Waals surface area contributed by atoms with E-state index in [0.717, 1.165) is 32.1 Å². The molecule has 18 heteroatoms. The third kappa shape index (κ3) is 9.08. The number of ketones is 1. The predicted molar refractivity (Wildman–Crippen MR) is 192 cm³/mol. The van der Waals surface area contributed by atoms with E-state index >= 15 is 0 Å². The monoisotopic (exact) mass is 804 g/mol. The summed E-state index contributed by atoms with van der Waals surface area (Å²) in [7, 11) is 1.37. The minimum Gasteiger partial charge on any atom is -0.480 e. The molecule has 0 amide bonds. The van der Waals surface area contributed by atoms with Crippen LogP contribution in [0.1, 0.15) is 55.6 Å². The van der Waals surface area contributed by atoms with Gasteiger partial charge in [0.1, 0.15) is 28.9 Å². The van der Waals surface area contributed by atoms with Gasteiger partial charge in [-0.3, -0.25) is 4.79 Å². The van der Waals surface area contributed by atoms with E-state index in [1.807, 2.05) is 0 Å². The fourth-order valence-electron chi connectivity index (χ4n) is 5.43. The molecule has 4 aliphatic rings. The van der Waals surface area contributed by atoms with Crippen molar-refractivity contribution in [2.75, 3.05) is 13.7 Å². The molecule has 0 aromatic heterocycles. The van der Waals surface area contributed by atoms with Crippen LogP contribution in [0, 0.1) is 13.8 Å². The Kier molecular flexibility index (Phi) is 12.2. The van der Waals surface area contributed by atoms with Crippen molar-refractivity contribution in [3.63, 3.8) is 0 Å². The Morgan fingerprint density at radius 1 is 0.638 bits per heavy atom. The zero-order valence-corrected chi connectivity index (χ0v) is 31.7. The van der Waals surface area contributed by atoms with E-state index in [9.17, 15) is 43.8 Å². The van der Waals surface area contributed by atoms with Crippen molar-refractivity contribution in [1.82, 2.24) is 0 Å². The maximum atomic E-state index is 12.8. The quantitative estimate of drug-likeness (QED) is 0.106. The second-order valence-electron chi connectivity index (χ2n) is 13.0. The van der Waals surface area contributed by atoms with Gasteiger partial charge < -0.3 is 52.8 Å². The van der Waals surface area contributed by atoms with Crippen LogP contribution in [0.25, 0.3) is 0 Å². The van der Waals surface area contributed by atoms with Crippen molar-refractivity contribution < 1.29 is 86.4 Å². The molecule has 2 saturated heterocycles. The molecule has 5 rings (SSSR count). The minimum atomic E-state index is -2.02. The van der Waals surface area contributed by atoms with E-state index in [1.54, 1.807) is 13.8 Å². The number of esters is 6. The van der Waals surface area contributed by atoms with Gasteiger partial charge in [-0.25, -0.2) is 28.8 Å². The molecule has 4 heterocycles. The van der Waals surface area contributed by atoms with Gasteiger partial charge in [-0.05, 0) is 61.4 Å². The van der Waals surface area contributed by atoms with Gasteiger partial charge >= 0.3 is 41.6 Å². The first-order valence-electron chi connectivity index (χ1n) is 17.1. The number of hydrogen-bond donors (Lipinski definition) is 2. The van der Waals surface area contributed by atoms with Gasteiger partial charge in [0.05, 0.1) is 0 Å². The third-order valence-electron chi connectivity index (χ3n) is 8.54. The SMILES string of the molecule is COCC1(C)OC(=O)C(/C=C/C=C/C=C2C(=O)OC(c3cc(C)c(C4OC(=O)C(/C=C/C=C/C=C5C(=O)OC(C)(C(C)=O)OC5=O)=C(O)O4)cc3C)OC2=O)=C(O)O1. The van der Waals surface area contributed by atoms with Gasteiger partial charge in [0.2, 0.25) is 5.78 Å². The normalized spacial score (nSPS) is 25.3. The summed E-state index contributed by atoms with van der Waals surface area (Å²) in [6, 6.07) is 3.07. The smallest absolute Gasteiger partial charge is 0.349 e. The molecule has 1 aromatic rings. The average molecular weight is 805 g/mol. The molecule has 0 radical (unpaired) electrons. The van der Waals surface area contributed by atoms with E-state index in [-0.39, 0.29) is 17.8 Å². The predicted octanol–water partition coefficient (Wildman–Crippen LogP) is 3.93. The average Bonchev–Trinajstić information content (AvgIpc) is 3.12. The van der Waals surface area contributed by atoms with Gasteiger partial charge in [-0.15, -0.1) is 0 Å². The number of aryl methyl sites for hydroxylation is 2. The van der Waals surface area contributed by atoms with Gasteiger partial charge in [0, 0.05) is 39.0 Å². The fraction of sp³-hybridized carbons (Fsp3) is 0.275. The maximum absolute atomic E-state index is 12.8. The number of cyclic esters (lactones) is 6. The van der Waals surface area contributed by atoms with E-state index in [0.29, 0.717) is 22.3 Å². The molecular weight excluding hydrogens is 768 g/mol. The number of hydrogen-bond acceptors (Lipinski definition) is 18. The van der Waals surface area contributed by atoms with Crippen LogP contribution in [-0.4, -0.2) is 77.1 Å². The lowest BCUT2D eigenvalue weighted by atomic mass is 9.98. The first-order valence-corrected chi connectivity index (χ1v) is 17.1. The Hall–Kier alpha value is -7.21. The summed E-state index contributed by atoms with van der Waals surface area (Å²) in [5.74, 6) is -11.5. The highest BCUT2D eigenvalue weighted by Crippen LogP contribution is 2.36. The zero-order chi connectivity index (χ0) is 42.5. The van der Waals surface area contributed by atoms with Crippen LogP contribution in [0.2, 0.25) is 0 Å². The lowest BCUT2D eigenvalue weighted by Gasteiger charge is -2.32. The van der Waals surface area contributed by atoms with Gasteiger partial charge in [-0.1, -0.05) is 36.5 Å². The Morgan fingerprint density at radius 2 is 1.10 bits per heavy atom. The standard InChI is InChI=1S/C40H36O18/c1-20-18-28(38-53-31(44)24(32(45)54-38)14-10-8-12-16-26-35(48)57-40(5,22(3)41)58-36(26)49)21(2)17-27(20)37-51-29(42)23(30(43)52-37)13-9-7-11-15-25-33(46)55-39(4,19-50-6)56-34(25)47/h7-18,37-38,44,46H,19H2,1-6H3/b9-7+,12-8+,14-10+,15-11+,23-13?,26-16?. The number of allylic oxidation sites excluding steroid dienone is 8. The highest BCUT2D eigenvalue weighted by molar-refractivity contribution is 6.17. The molecule has 0 aliphatic carbocycles. The number of benzene rings is 1. The summed E-state index contributed by atoms with van der Waals surface area (Å²) >= 11 is 0. The van der Waals surface area contributed by atoms with Crippen LogP contribution in [0.15, 0.2) is 107 Å². The van der Waals surface area contributed by atoms with Crippen LogP contribution in [0.3, 0.4) is 0 Å². The maximum Gasteiger partial charge on any atom is 0.349 e. The molecular formula is C40H36O18. The summed E-state index contributed by atoms with van der Waals surface area (Å²) in [6.45, 7) is 6.76. The lowest BCUT2D eigenvalue weighted by molar-refractivity contribution is -0.245. The van der Waals surface area contributed by atoms with Crippen LogP contribution < -0.4 is 0 Å². The van der Waals surface area contributed by atoms with Crippen molar-refractivity contribution in [2.24, 2.45) is 0 Å². The fourth-order valence-corrected chi connectivity index (χ4v) is 5.43. The molecule has 1 aromatic carbocycles. The molecule has 0 saturated carbocycles. The van der Waals surface area contributed by atoms with Crippen LogP contribution >= 0.6 is 0 Å². The first-order chi connectivity index (χ1) is 27.4. The number of Topliss-reactive ketones (excluding diaryl/α,β-unsaturated/α-hetero) is 1. The second kappa shape index (κ2) is 16.9. The zero-order valence-electron chi connectivity index (χ0n) is 31.7. The molecule has 4 aliphatic heterocycles. The molecule has 304 valence electrons. The van der Waals surface area contributed by atoms with E-state index in [1.165, 1.54) is 68.7 Å². The topological polar surface area (TPSA) is 243 Å². The number of carbonyl (C=O) groups excluding carboxylic acids is 7. The number of aliphatic hydroxyl groups is 2. The van der Waals surface area contributed by atoms with Crippen molar-refractivity contribution in [2.45, 2.75) is 58.8 Å². The van der Waals surface area contributed by atoms with Gasteiger partial charge in [-0.2, -0.15) is 0 Å². The highest BCUT2D eigenvalue weighted by atomic mass is 16.8. The van der Waals surface area contributed by atoms with Crippen molar-refractivity contribution in [1.29, 1.82) is 0 Å². The molecule has 0 bridgehead atoms. The number of aliphatic hydroxyl groups excluding tert-OH is 2. The van der Waals surface area contributed by atoms with Gasteiger partial charge in [0.25, 0.3) is 30.3 Å². The Balaban J connectivity index is 1.20. The van der Waals surface area contributed by atoms with E-state index in [4.69, 9.17) is 42.6 Å². The van der Waals surface area contributed by atoms with Crippen molar-refractivity contribution in [3.05, 3.63) is 129 Å². The Morgan fingerprint density at radius 3 is 1.57 bits per heavy atom. The van der Waals surface area contributed by atoms with E-state index in [2.05, 4.69) is 0 Å². The molecule has 58 heavy (non-hydrogen) atoms.